The summed E-state index contributed by atoms with van der Waals surface area (Å²) < 4.78 is 4.57. The van der Waals surface area contributed by atoms with Crippen molar-refractivity contribution in [1.29, 1.82) is 0 Å². The average molecular weight is 274 g/mol. The molecule has 3 N–H and O–H groups in total. The molecule has 0 spiro atoms. The van der Waals surface area contributed by atoms with E-state index in [4.69, 9.17) is 10.2 Å². The van der Waals surface area contributed by atoms with E-state index in [1.807, 2.05) is 4.90 Å². The van der Waals surface area contributed by atoms with Crippen LogP contribution in [0, 0.1) is 5.92 Å². The Kier molecular flexibility index (Phi) is 6.58. The molecule has 1 aliphatic rings. The van der Waals surface area contributed by atoms with Crippen molar-refractivity contribution in [2.24, 2.45) is 5.92 Å². The van der Waals surface area contributed by atoms with Crippen molar-refractivity contribution in [2.75, 3.05) is 33.4 Å². The Hall–Kier alpha value is -1.34. The molecule has 0 bridgehead atoms. The highest BCUT2D eigenvalue weighted by Gasteiger charge is 2.28. The van der Waals surface area contributed by atoms with Crippen LogP contribution in [0.3, 0.4) is 0 Å². The number of aliphatic carboxylic acids is 1. The summed E-state index contributed by atoms with van der Waals surface area (Å²) in [5.41, 5.74) is 0. The van der Waals surface area contributed by atoms with Crippen molar-refractivity contribution in [2.45, 2.75) is 25.3 Å². The maximum absolute atomic E-state index is 11.2. The second kappa shape index (κ2) is 7.96. The number of amides is 1. The number of nitrogens with one attached hydrogen (secondary N) is 1. The molecule has 1 heterocycles. The lowest BCUT2D eigenvalue weighted by Gasteiger charge is -2.37. The first-order valence-corrected chi connectivity index (χ1v) is 6.44. The van der Waals surface area contributed by atoms with Crippen molar-refractivity contribution in [1.82, 2.24) is 10.2 Å². The summed E-state index contributed by atoms with van der Waals surface area (Å²) in [5.74, 6) is -0.602. The first-order valence-electron chi connectivity index (χ1n) is 6.44. The van der Waals surface area contributed by atoms with Crippen molar-refractivity contribution >= 4 is 12.1 Å². The van der Waals surface area contributed by atoms with E-state index in [2.05, 4.69) is 10.1 Å². The molecule has 1 amide bonds. The van der Waals surface area contributed by atoms with Crippen LogP contribution in [0.25, 0.3) is 0 Å². The minimum absolute atomic E-state index is 0.0522. The molecule has 0 aliphatic carbocycles. The van der Waals surface area contributed by atoms with Gasteiger partial charge >= 0.3 is 12.1 Å². The number of rotatable bonds is 6. The van der Waals surface area contributed by atoms with Gasteiger partial charge in [-0.2, -0.15) is 0 Å². The highest BCUT2D eigenvalue weighted by Crippen LogP contribution is 2.21. The van der Waals surface area contributed by atoms with Gasteiger partial charge in [-0.25, -0.2) is 4.79 Å². The number of ether oxygens (including phenoxy) is 1. The van der Waals surface area contributed by atoms with E-state index in [-0.39, 0.29) is 25.0 Å². The zero-order valence-corrected chi connectivity index (χ0v) is 11.2. The minimum Gasteiger partial charge on any atom is -0.481 e. The van der Waals surface area contributed by atoms with Crippen LogP contribution in [0.4, 0.5) is 4.79 Å². The van der Waals surface area contributed by atoms with Gasteiger partial charge in [0.15, 0.2) is 0 Å². The minimum atomic E-state index is -0.809. The SMILES string of the molecule is COC(=O)NC1CC(CCC(=O)O)CN(CCO)C1. The Morgan fingerprint density at radius 3 is 2.74 bits per heavy atom. The molecule has 1 fully saturated rings. The molecule has 0 aromatic heterocycles. The van der Waals surface area contributed by atoms with Crippen molar-refractivity contribution in [3.63, 3.8) is 0 Å². The molecule has 1 saturated heterocycles. The number of likely N-dealkylation sites (tertiary alicyclic amines) is 1. The third kappa shape index (κ3) is 5.89. The van der Waals surface area contributed by atoms with E-state index < -0.39 is 12.1 Å². The van der Waals surface area contributed by atoms with Gasteiger partial charge in [-0.3, -0.25) is 9.69 Å². The fourth-order valence-corrected chi connectivity index (χ4v) is 2.49. The van der Waals surface area contributed by atoms with Gasteiger partial charge in [-0.15, -0.1) is 0 Å². The Labute approximate surface area is 112 Å². The summed E-state index contributed by atoms with van der Waals surface area (Å²) in [4.78, 5) is 23.9. The molecular weight excluding hydrogens is 252 g/mol. The lowest BCUT2D eigenvalue weighted by atomic mass is 9.90. The fourth-order valence-electron chi connectivity index (χ4n) is 2.49. The summed E-state index contributed by atoms with van der Waals surface area (Å²) in [5, 5.41) is 20.5. The highest BCUT2D eigenvalue weighted by atomic mass is 16.5. The van der Waals surface area contributed by atoms with E-state index in [0.717, 1.165) is 13.0 Å². The second-order valence-electron chi connectivity index (χ2n) is 4.85. The molecular formula is C12H22N2O5. The quantitative estimate of drug-likeness (QED) is 0.625. The number of aliphatic hydroxyl groups is 1. The van der Waals surface area contributed by atoms with Crippen LogP contribution < -0.4 is 5.32 Å². The zero-order valence-electron chi connectivity index (χ0n) is 11.2. The number of methoxy groups -OCH3 is 1. The number of piperidine rings is 1. The molecule has 110 valence electrons. The van der Waals surface area contributed by atoms with E-state index in [0.29, 0.717) is 19.5 Å². The van der Waals surface area contributed by atoms with Gasteiger partial charge < -0.3 is 20.3 Å². The summed E-state index contributed by atoms with van der Waals surface area (Å²) in [6.45, 7) is 1.99. The number of carbonyl (C=O) groups is 2. The van der Waals surface area contributed by atoms with Gasteiger partial charge in [0.1, 0.15) is 0 Å². The maximum Gasteiger partial charge on any atom is 0.407 e. The molecule has 1 rings (SSSR count). The normalized spacial score (nSPS) is 23.9. The molecule has 0 saturated carbocycles. The summed E-state index contributed by atoms with van der Waals surface area (Å²) in [6, 6.07) is -0.0634. The number of hydrogen-bond acceptors (Lipinski definition) is 5. The fraction of sp³-hybridized carbons (Fsp3) is 0.833. The number of alkyl carbamates (subject to hydrolysis) is 1. The maximum atomic E-state index is 11.2. The number of aliphatic hydroxyl groups excluding tert-OH is 1. The average Bonchev–Trinajstić information content (AvgIpc) is 2.36. The monoisotopic (exact) mass is 274 g/mol. The van der Waals surface area contributed by atoms with Crippen LogP contribution in [-0.2, 0) is 9.53 Å². The van der Waals surface area contributed by atoms with Gasteiger partial charge in [0, 0.05) is 32.1 Å². The summed E-state index contributed by atoms with van der Waals surface area (Å²) in [6.07, 6.45) is 0.969. The van der Waals surface area contributed by atoms with Gasteiger partial charge in [-0.05, 0) is 18.8 Å². The molecule has 2 unspecified atom stereocenters. The molecule has 0 aromatic rings. The van der Waals surface area contributed by atoms with E-state index in [1.54, 1.807) is 0 Å². The Morgan fingerprint density at radius 1 is 1.42 bits per heavy atom. The van der Waals surface area contributed by atoms with Crippen molar-refractivity contribution in [3.05, 3.63) is 0 Å². The molecule has 7 heteroatoms. The molecule has 7 nitrogen and oxygen atoms in total. The van der Waals surface area contributed by atoms with Gasteiger partial charge in [0.25, 0.3) is 0 Å². The Morgan fingerprint density at radius 2 is 2.16 bits per heavy atom. The van der Waals surface area contributed by atoms with E-state index in [9.17, 15) is 9.59 Å². The standard InChI is InChI=1S/C12H22N2O5/c1-19-12(18)13-10-6-9(2-3-11(16)17)7-14(8-10)4-5-15/h9-10,15H,2-8H2,1H3,(H,13,18)(H,16,17). The first kappa shape index (κ1) is 15.7. The largest absolute Gasteiger partial charge is 0.481 e. The van der Waals surface area contributed by atoms with Crippen molar-refractivity contribution in [3.8, 4) is 0 Å². The van der Waals surface area contributed by atoms with Gasteiger partial charge in [0.2, 0.25) is 0 Å². The number of hydrogen-bond donors (Lipinski definition) is 3. The van der Waals surface area contributed by atoms with Gasteiger partial charge in [-0.1, -0.05) is 0 Å². The number of β-amino-alcohol motifs (C(OH)–C–C–N with tert-alkyl or cyclic N) is 1. The van der Waals surface area contributed by atoms with E-state index >= 15 is 0 Å². The Balaban J connectivity index is 2.51. The second-order valence-corrected chi connectivity index (χ2v) is 4.85. The van der Waals surface area contributed by atoms with Crippen LogP contribution in [-0.4, -0.2) is 66.6 Å². The van der Waals surface area contributed by atoms with Crippen LogP contribution in [0.5, 0.6) is 0 Å². The number of nitrogens with zero attached hydrogens (tertiary/aromatic N) is 1. The molecule has 0 radical (unpaired) electrons. The topological polar surface area (TPSA) is 99.1 Å². The third-order valence-electron chi connectivity index (χ3n) is 3.30. The van der Waals surface area contributed by atoms with Gasteiger partial charge in [0.05, 0.1) is 13.7 Å². The predicted octanol–water partition coefficient (Wildman–Crippen LogP) is -0.110. The lowest BCUT2D eigenvalue weighted by molar-refractivity contribution is -0.137. The van der Waals surface area contributed by atoms with Crippen LogP contribution >= 0.6 is 0 Å². The summed E-state index contributed by atoms with van der Waals surface area (Å²) in [7, 11) is 1.31. The van der Waals surface area contributed by atoms with Crippen LogP contribution in [0.15, 0.2) is 0 Å². The molecule has 0 aromatic carbocycles. The van der Waals surface area contributed by atoms with Crippen LogP contribution in [0.2, 0.25) is 0 Å². The molecule has 19 heavy (non-hydrogen) atoms. The third-order valence-corrected chi connectivity index (χ3v) is 3.30. The zero-order chi connectivity index (χ0) is 14.3. The highest BCUT2D eigenvalue weighted by molar-refractivity contribution is 5.67. The smallest absolute Gasteiger partial charge is 0.407 e. The predicted molar refractivity (Wildman–Crippen MR) is 67.8 cm³/mol. The van der Waals surface area contributed by atoms with Crippen molar-refractivity contribution < 1.29 is 24.5 Å². The lowest BCUT2D eigenvalue weighted by Crippen LogP contribution is -2.51. The van der Waals surface area contributed by atoms with Crippen LogP contribution in [0.1, 0.15) is 19.3 Å². The number of carbonyl (C=O) groups excluding carboxylic acids is 1. The summed E-state index contributed by atoms with van der Waals surface area (Å²) >= 11 is 0. The first-order chi connectivity index (χ1) is 9.05. The Bertz CT molecular complexity index is 310. The molecule has 2 atom stereocenters. The molecule has 1 aliphatic heterocycles. The van der Waals surface area contributed by atoms with E-state index in [1.165, 1.54) is 7.11 Å². The number of carboxylic acid groups (broad SMARTS) is 1. The number of carboxylic acids is 1.